The summed E-state index contributed by atoms with van der Waals surface area (Å²) in [5.41, 5.74) is 0.602. The first-order valence-corrected chi connectivity index (χ1v) is 11.5. The van der Waals surface area contributed by atoms with Crippen LogP contribution in [0.15, 0.2) is 24.3 Å². The number of rotatable bonds is 7. The Morgan fingerprint density at radius 3 is 1.94 bits per heavy atom. The molecule has 0 unspecified atom stereocenters. The van der Waals surface area contributed by atoms with Gasteiger partial charge < -0.3 is 10.6 Å². The maximum atomic E-state index is 12.9. The lowest BCUT2D eigenvalue weighted by atomic mass is 9.49. The van der Waals surface area contributed by atoms with Crippen LogP contribution in [0.3, 0.4) is 0 Å². The Kier molecular flexibility index (Phi) is 5.07. The second-order valence-corrected chi connectivity index (χ2v) is 9.86. The Morgan fingerprint density at radius 1 is 0.871 bits per heavy atom. The van der Waals surface area contributed by atoms with Gasteiger partial charge in [0.2, 0.25) is 11.8 Å². The van der Waals surface area contributed by atoms with Crippen LogP contribution in [-0.2, 0) is 9.59 Å². The molecule has 1 aliphatic heterocycles. The van der Waals surface area contributed by atoms with Crippen LogP contribution in [-0.4, -0.2) is 48.2 Å². The molecule has 0 radical (unpaired) electrons. The Labute approximate surface area is 181 Å². The highest BCUT2D eigenvalue weighted by atomic mass is 16.2. The number of nitrogens with one attached hydrogen (secondary N) is 2. The summed E-state index contributed by atoms with van der Waals surface area (Å²) in [7, 11) is 0. The lowest BCUT2D eigenvalue weighted by Crippen LogP contribution is -2.54. The molecule has 164 valence electrons. The van der Waals surface area contributed by atoms with Gasteiger partial charge in [0, 0.05) is 31.5 Å². The smallest absolute Gasteiger partial charge is 0.261 e. The molecule has 1 heterocycles. The van der Waals surface area contributed by atoms with Crippen LogP contribution in [0, 0.1) is 23.2 Å². The van der Waals surface area contributed by atoms with Gasteiger partial charge in [0.1, 0.15) is 0 Å². The normalized spacial score (nSPS) is 30.5. The van der Waals surface area contributed by atoms with Gasteiger partial charge in [0.25, 0.3) is 11.8 Å². The molecular formula is C24H29N3O4. The molecule has 4 aliphatic carbocycles. The molecule has 0 saturated heterocycles. The third-order valence-corrected chi connectivity index (χ3v) is 7.69. The van der Waals surface area contributed by atoms with Crippen molar-refractivity contribution in [3.05, 3.63) is 35.4 Å². The van der Waals surface area contributed by atoms with Gasteiger partial charge >= 0.3 is 0 Å². The van der Waals surface area contributed by atoms with E-state index in [2.05, 4.69) is 10.6 Å². The topological polar surface area (TPSA) is 95.6 Å². The minimum atomic E-state index is -0.351. The molecule has 0 atom stereocenters. The Morgan fingerprint density at radius 2 is 1.39 bits per heavy atom. The number of benzene rings is 1. The largest absolute Gasteiger partial charge is 0.354 e. The van der Waals surface area contributed by atoms with E-state index in [1.165, 1.54) is 19.3 Å². The minimum absolute atomic E-state index is 0.0500. The molecule has 4 amide bonds. The van der Waals surface area contributed by atoms with Crippen molar-refractivity contribution in [3.63, 3.8) is 0 Å². The van der Waals surface area contributed by atoms with Gasteiger partial charge in [-0.3, -0.25) is 24.1 Å². The van der Waals surface area contributed by atoms with E-state index in [1.807, 2.05) is 0 Å². The molecule has 4 bridgehead atoms. The van der Waals surface area contributed by atoms with Crippen molar-refractivity contribution in [2.75, 3.05) is 19.6 Å². The van der Waals surface area contributed by atoms with Crippen LogP contribution in [0.4, 0.5) is 0 Å². The van der Waals surface area contributed by atoms with Crippen molar-refractivity contribution in [1.82, 2.24) is 15.5 Å². The first-order valence-electron chi connectivity index (χ1n) is 11.5. The molecule has 7 heteroatoms. The summed E-state index contributed by atoms with van der Waals surface area (Å²) in [4.78, 5) is 50.9. The number of amides is 4. The molecule has 0 aromatic heterocycles. The van der Waals surface area contributed by atoms with Crippen LogP contribution < -0.4 is 10.6 Å². The third-order valence-electron chi connectivity index (χ3n) is 7.69. The van der Waals surface area contributed by atoms with Gasteiger partial charge in [-0.15, -0.1) is 0 Å². The van der Waals surface area contributed by atoms with E-state index in [-0.39, 0.29) is 42.0 Å². The summed E-state index contributed by atoms with van der Waals surface area (Å²) >= 11 is 0. The first kappa shape index (κ1) is 20.2. The minimum Gasteiger partial charge on any atom is -0.354 e. The highest BCUT2D eigenvalue weighted by molar-refractivity contribution is 6.21. The summed E-state index contributed by atoms with van der Waals surface area (Å²) < 4.78 is 0. The fourth-order valence-corrected chi connectivity index (χ4v) is 6.70. The zero-order valence-corrected chi connectivity index (χ0v) is 17.7. The second kappa shape index (κ2) is 7.77. The average Bonchev–Trinajstić information content (AvgIpc) is 2.99. The van der Waals surface area contributed by atoms with E-state index < -0.39 is 0 Å². The van der Waals surface area contributed by atoms with E-state index in [0.717, 1.165) is 41.9 Å². The summed E-state index contributed by atoms with van der Waals surface area (Å²) in [5.74, 6) is 1.39. The number of hydrogen-bond acceptors (Lipinski definition) is 4. The fraction of sp³-hybridized carbons (Fsp3) is 0.583. The molecule has 2 N–H and O–H groups in total. The number of carbonyl (C=O) groups is 4. The number of nitrogens with zero attached hydrogens (tertiary/aromatic N) is 1. The van der Waals surface area contributed by atoms with E-state index >= 15 is 0 Å². The molecule has 4 saturated carbocycles. The molecule has 1 aromatic rings. The molecule has 31 heavy (non-hydrogen) atoms. The van der Waals surface area contributed by atoms with E-state index in [9.17, 15) is 19.2 Å². The van der Waals surface area contributed by atoms with E-state index in [1.54, 1.807) is 24.3 Å². The van der Waals surface area contributed by atoms with Gasteiger partial charge in [-0.05, 0) is 68.4 Å². The van der Waals surface area contributed by atoms with Gasteiger partial charge in [-0.1, -0.05) is 12.1 Å². The molecule has 6 rings (SSSR count). The molecular weight excluding hydrogens is 394 g/mol. The summed E-state index contributed by atoms with van der Waals surface area (Å²) in [6.45, 7) is 0.802. The molecule has 4 fully saturated rings. The number of carbonyl (C=O) groups excluding carboxylic acids is 4. The van der Waals surface area contributed by atoms with Crippen LogP contribution >= 0.6 is 0 Å². The van der Waals surface area contributed by atoms with Gasteiger partial charge in [-0.2, -0.15) is 0 Å². The van der Waals surface area contributed by atoms with Crippen LogP contribution in [0.25, 0.3) is 0 Å². The van der Waals surface area contributed by atoms with Crippen LogP contribution in [0.2, 0.25) is 0 Å². The molecule has 1 aromatic carbocycles. The zero-order chi connectivity index (χ0) is 21.6. The van der Waals surface area contributed by atoms with Crippen molar-refractivity contribution < 1.29 is 19.2 Å². The predicted molar refractivity (Wildman–Crippen MR) is 113 cm³/mol. The standard InChI is InChI=1S/C24H29N3O4/c28-20(5-8-27-21(29)18-3-1-2-4-19(18)22(27)30)25-6-7-26-23(31)24-12-15-9-16(13-24)11-17(10-15)14-24/h1-4,15-17H,5-14H2,(H,25,28)(H,26,31). The molecule has 0 spiro atoms. The Hall–Kier alpha value is -2.70. The van der Waals surface area contributed by atoms with Crippen molar-refractivity contribution in [2.24, 2.45) is 23.2 Å². The van der Waals surface area contributed by atoms with Gasteiger partial charge in [0.05, 0.1) is 11.1 Å². The lowest BCUT2D eigenvalue weighted by Gasteiger charge is -2.55. The highest BCUT2D eigenvalue weighted by Crippen LogP contribution is 2.60. The maximum Gasteiger partial charge on any atom is 0.261 e. The third kappa shape index (κ3) is 3.64. The first-order chi connectivity index (χ1) is 14.9. The predicted octanol–water partition coefficient (Wildman–Crippen LogP) is 2.12. The van der Waals surface area contributed by atoms with Crippen LogP contribution in [0.1, 0.15) is 65.7 Å². The maximum absolute atomic E-state index is 12.9. The second-order valence-electron chi connectivity index (χ2n) is 9.86. The highest BCUT2D eigenvalue weighted by Gasteiger charge is 2.54. The fourth-order valence-electron chi connectivity index (χ4n) is 6.70. The van der Waals surface area contributed by atoms with Gasteiger partial charge in [0.15, 0.2) is 0 Å². The van der Waals surface area contributed by atoms with Crippen LogP contribution in [0.5, 0.6) is 0 Å². The Bertz CT molecular complexity index is 870. The van der Waals surface area contributed by atoms with Crippen molar-refractivity contribution >= 4 is 23.6 Å². The SMILES string of the molecule is O=C(CCN1C(=O)c2ccccc2C1=O)NCCNC(=O)C12CC3CC(CC(C3)C1)C2. The lowest BCUT2D eigenvalue weighted by molar-refractivity contribution is -0.146. The number of fused-ring (bicyclic) bond motifs is 1. The molecule has 5 aliphatic rings. The summed E-state index contributed by atoms with van der Waals surface area (Å²) in [6.07, 6.45) is 7.03. The summed E-state index contributed by atoms with van der Waals surface area (Å²) in [6, 6.07) is 6.69. The van der Waals surface area contributed by atoms with Crippen molar-refractivity contribution in [2.45, 2.75) is 44.9 Å². The van der Waals surface area contributed by atoms with Gasteiger partial charge in [-0.25, -0.2) is 0 Å². The number of imide groups is 1. The molecule has 7 nitrogen and oxygen atoms in total. The number of hydrogen-bond donors (Lipinski definition) is 2. The van der Waals surface area contributed by atoms with Crippen molar-refractivity contribution in [1.29, 1.82) is 0 Å². The zero-order valence-electron chi connectivity index (χ0n) is 17.7. The Balaban J connectivity index is 1.05. The van der Waals surface area contributed by atoms with E-state index in [4.69, 9.17) is 0 Å². The quantitative estimate of drug-likeness (QED) is 0.519. The monoisotopic (exact) mass is 423 g/mol. The van der Waals surface area contributed by atoms with E-state index in [0.29, 0.717) is 24.2 Å². The van der Waals surface area contributed by atoms with Crippen molar-refractivity contribution in [3.8, 4) is 0 Å². The average molecular weight is 424 g/mol. The summed E-state index contributed by atoms with van der Waals surface area (Å²) in [5, 5.41) is 5.83.